The van der Waals surface area contributed by atoms with Crippen LogP contribution in [0.3, 0.4) is 0 Å². The SMILES string of the molecule is CCCC(CCC)CC(OC)C(=O)O. The average molecular weight is 202 g/mol. The molecule has 1 atom stereocenters. The molecular formula is C11H22O3. The van der Waals surface area contributed by atoms with E-state index in [1.807, 2.05) is 0 Å². The molecule has 0 aliphatic heterocycles. The first-order chi connectivity index (χ1) is 6.65. The summed E-state index contributed by atoms with van der Waals surface area (Å²) in [6.45, 7) is 4.26. The Labute approximate surface area is 86.5 Å². The van der Waals surface area contributed by atoms with Gasteiger partial charge in [-0.3, -0.25) is 0 Å². The monoisotopic (exact) mass is 202 g/mol. The van der Waals surface area contributed by atoms with Crippen LogP contribution in [-0.2, 0) is 9.53 Å². The smallest absolute Gasteiger partial charge is 0.332 e. The summed E-state index contributed by atoms with van der Waals surface area (Å²) in [6, 6.07) is 0. The molecule has 0 aliphatic rings. The molecule has 0 aromatic carbocycles. The fourth-order valence-electron chi connectivity index (χ4n) is 1.80. The lowest BCUT2D eigenvalue weighted by molar-refractivity contribution is -0.149. The predicted molar refractivity (Wildman–Crippen MR) is 56.4 cm³/mol. The number of carbonyl (C=O) groups is 1. The van der Waals surface area contributed by atoms with Gasteiger partial charge in [-0.25, -0.2) is 4.79 Å². The van der Waals surface area contributed by atoms with E-state index in [4.69, 9.17) is 9.84 Å². The van der Waals surface area contributed by atoms with E-state index >= 15 is 0 Å². The van der Waals surface area contributed by atoms with Crippen LogP contribution in [0, 0.1) is 5.92 Å². The molecule has 0 bridgehead atoms. The average Bonchev–Trinajstić information content (AvgIpc) is 2.14. The zero-order valence-corrected chi connectivity index (χ0v) is 9.45. The van der Waals surface area contributed by atoms with Crippen LogP contribution in [0.2, 0.25) is 0 Å². The van der Waals surface area contributed by atoms with Gasteiger partial charge in [0.25, 0.3) is 0 Å². The first-order valence-corrected chi connectivity index (χ1v) is 5.41. The van der Waals surface area contributed by atoms with Crippen LogP contribution in [0.1, 0.15) is 46.0 Å². The van der Waals surface area contributed by atoms with Gasteiger partial charge in [0.05, 0.1) is 0 Å². The number of carboxylic acids is 1. The van der Waals surface area contributed by atoms with E-state index < -0.39 is 12.1 Å². The van der Waals surface area contributed by atoms with Crippen molar-refractivity contribution in [2.45, 2.75) is 52.1 Å². The maximum atomic E-state index is 10.7. The second-order valence-electron chi connectivity index (χ2n) is 3.74. The molecule has 0 saturated heterocycles. The van der Waals surface area contributed by atoms with Gasteiger partial charge in [0.1, 0.15) is 0 Å². The van der Waals surface area contributed by atoms with Gasteiger partial charge < -0.3 is 9.84 Å². The van der Waals surface area contributed by atoms with Crippen molar-refractivity contribution in [2.75, 3.05) is 7.11 Å². The Kier molecular flexibility index (Phi) is 7.48. The number of carboxylic acid groups (broad SMARTS) is 1. The number of ether oxygens (including phenoxy) is 1. The molecule has 0 aromatic heterocycles. The molecule has 0 radical (unpaired) electrons. The minimum Gasteiger partial charge on any atom is -0.479 e. The summed E-state index contributed by atoms with van der Waals surface area (Å²) in [7, 11) is 1.47. The fourth-order valence-corrected chi connectivity index (χ4v) is 1.80. The molecule has 0 aromatic rings. The normalized spacial score (nSPS) is 13.1. The Morgan fingerprint density at radius 3 is 2.07 bits per heavy atom. The first-order valence-electron chi connectivity index (χ1n) is 5.41. The minimum absolute atomic E-state index is 0.492. The largest absolute Gasteiger partial charge is 0.479 e. The maximum absolute atomic E-state index is 10.7. The van der Waals surface area contributed by atoms with Gasteiger partial charge in [-0.2, -0.15) is 0 Å². The van der Waals surface area contributed by atoms with Crippen LogP contribution >= 0.6 is 0 Å². The second kappa shape index (κ2) is 7.80. The van der Waals surface area contributed by atoms with Gasteiger partial charge >= 0.3 is 5.97 Å². The highest BCUT2D eigenvalue weighted by atomic mass is 16.5. The molecule has 0 spiro atoms. The van der Waals surface area contributed by atoms with E-state index in [-0.39, 0.29) is 0 Å². The molecule has 0 saturated carbocycles. The molecule has 3 nitrogen and oxygen atoms in total. The molecule has 0 heterocycles. The molecule has 0 fully saturated rings. The van der Waals surface area contributed by atoms with Gasteiger partial charge in [0, 0.05) is 7.11 Å². The van der Waals surface area contributed by atoms with Crippen LogP contribution in [-0.4, -0.2) is 24.3 Å². The van der Waals surface area contributed by atoms with Gasteiger partial charge in [0.15, 0.2) is 6.10 Å². The van der Waals surface area contributed by atoms with E-state index in [1.54, 1.807) is 0 Å². The van der Waals surface area contributed by atoms with Crippen LogP contribution in [0.5, 0.6) is 0 Å². The highest BCUT2D eigenvalue weighted by Gasteiger charge is 2.20. The summed E-state index contributed by atoms with van der Waals surface area (Å²) >= 11 is 0. The van der Waals surface area contributed by atoms with Crippen LogP contribution in [0.25, 0.3) is 0 Å². The predicted octanol–water partition coefficient (Wildman–Crippen LogP) is 2.69. The van der Waals surface area contributed by atoms with Gasteiger partial charge in [-0.05, 0) is 12.3 Å². The Morgan fingerprint density at radius 1 is 1.29 bits per heavy atom. The molecule has 14 heavy (non-hydrogen) atoms. The molecule has 84 valence electrons. The molecular weight excluding hydrogens is 180 g/mol. The number of hydrogen-bond acceptors (Lipinski definition) is 2. The number of aliphatic carboxylic acids is 1. The van der Waals surface area contributed by atoms with Crippen molar-refractivity contribution in [3.8, 4) is 0 Å². The standard InChI is InChI=1S/C11H22O3/c1-4-6-9(7-5-2)8-10(14-3)11(12)13/h9-10H,4-8H2,1-3H3,(H,12,13). The van der Waals surface area contributed by atoms with Crippen molar-refractivity contribution in [3.63, 3.8) is 0 Å². The summed E-state index contributed by atoms with van der Waals surface area (Å²) in [5.41, 5.74) is 0. The summed E-state index contributed by atoms with van der Waals surface area (Å²) in [5.74, 6) is -0.351. The van der Waals surface area contributed by atoms with Crippen molar-refractivity contribution in [1.82, 2.24) is 0 Å². The van der Waals surface area contributed by atoms with Crippen molar-refractivity contribution in [3.05, 3.63) is 0 Å². The van der Waals surface area contributed by atoms with E-state index in [9.17, 15) is 4.79 Å². The maximum Gasteiger partial charge on any atom is 0.332 e. The molecule has 0 amide bonds. The topological polar surface area (TPSA) is 46.5 Å². The van der Waals surface area contributed by atoms with Crippen LogP contribution in [0.4, 0.5) is 0 Å². The van der Waals surface area contributed by atoms with Crippen LogP contribution < -0.4 is 0 Å². The molecule has 3 heteroatoms. The molecule has 1 N–H and O–H groups in total. The lowest BCUT2D eigenvalue weighted by atomic mass is 9.92. The van der Waals surface area contributed by atoms with E-state index in [0.29, 0.717) is 12.3 Å². The second-order valence-corrected chi connectivity index (χ2v) is 3.74. The van der Waals surface area contributed by atoms with Crippen molar-refractivity contribution >= 4 is 5.97 Å². The zero-order valence-electron chi connectivity index (χ0n) is 9.45. The quantitative estimate of drug-likeness (QED) is 0.658. The third-order valence-corrected chi connectivity index (χ3v) is 2.50. The lowest BCUT2D eigenvalue weighted by Crippen LogP contribution is -2.25. The highest BCUT2D eigenvalue weighted by molar-refractivity contribution is 5.72. The summed E-state index contributed by atoms with van der Waals surface area (Å²) in [5, 5.41) is 8.83. The van der Waals surface area contributed by atoms with Gasteiger partial charge in [-0.15, -0.1) is 0 Å². The Hall–Kier alpha value is -0.570. The lowest BCUT2D eigenvalue weighted by Gasteiger charge is -2.19. The van der Waals surface area contributed by atoms with E-state index in [1.165, 1.54) is 7.11 Å². The van der Waals surface area contributed by atoms with Crippen molar-refractivity contribution < 1.29 is 14.6 Å². The molecule has 0 rings (SSSR count). The van der Waals surface area contributed by atoms with Gasteiger partial charge in [-0.1, -0.05) is 39.5 Å². The fraction of sp³-hybridized carbons (Fsp3) is 0.909. The Bertz CT molecular complexity index is 151. The van der Waals surface area contributed by atoms with Crippen molar-refractivity contribution in [2.24, 2.45) is 5.92 Å². The molecule has 1 unspecified atom stereocenters. The van der Waals surface area contributed by atoms with Gasteiger partial charge in [0.2, 0.25) is 0 Å². The number of rotatable bonds is 8. The van der Waals surface area contributed by atoms with E-state index in [2.05, 4.69) is 13.8 Å². The summed E-state index contributed by atoms with van der Waals surface area (Å²) in [4.78, 5) is 10.7. The van der Waals surface area contributed by atoms with Crippen LogP contribution in [0.15, 0.2) is 0 Å². The number of methoxy groups -OCH3 is 1. The molecule has 0 aliphatic carbocycles. The first kappa shape index (κ1) is 13.4. The van der Waals surface area contributed by atoms with E-state index in [0.717, 1.165) is 25.7 Å². The summed E-state index contributed by atoms with van der Waals surface area (Å²) < 4.78 is 4.94. The third kappa shape index (κ3) is 5.22. The highest BCUT2D eigenvalue weighted by Crippen LogP contribution is 2.20. The Balaban J connectivity index is 4.03. The minimum atomic E-state index is -0.843. The Morgan fingerprint density at radius 2 is 1.79 bits per heavy atom. The summed E-state index contributed by atoms with van der Waals surface area (Å²) in [6.07, 6.45) is 4.44. The van der Waals surface area contributed by atoms with Crippen molar-refractivity contribution in [1.29, 1.82) is 0 Å². The zero-order chi connectivity index (χ0) is 11.0. The number of hydrogen-bond donors (Lipinski definition) is 1. The third-order valence-electron chi connectivity index (χ3n) is 2.50.